The molecule has 6 heteroatoms. The Balaban J connectivity index is 2.84. The molecule has 0 radical (unpaired) electrons. The number of benzene rings is 1. The van der Waals surface area contributed by atoms with Crippen LogP contribution in [0, 0.1) is 6.92 Å². The summed E-state index contributed by atoms with van der Waals surface area (Å²) in [5.41, 5.74) is 7.08. The van der Waals surface area contributed by atoms with Crippen LogP contribution in [0.3, 0.4) is 0 Å². The van der Waals surface area contributed by atoms with E-state index in [0.29, 0.717) is 18.0 Å². The molecule has 0 aliphatic carbocycles. The van der Waals surface area contributed by atoms with Crippen LogP contribution in [-0.2, 0) is 9.53 Å². The van der Waals surface area contributed by atoms with E-state index in [4.69, 9.17) is 15.2 Å². The van der Waals surface area contributed by atoms with Crippen molar-refractivity contribution in [3.63, 3.8) is 0 Å². The largest absolute Gasteiger partial charge is 0.495 e. The number of rotatable bonds is 6. The Morgan fingerprint density at radius 1 is 1.47 bits per heavy atom. The van der Waals surface area contributed by atoms with Gasteiger partial charge in [0.1, 0.15) is 5.75 Å². The molecule has 0 heterocycles. The lowest BCUT2D eigenvalue weighted by atomic mass is 10.1. The van der Waals surface area contributed by atoms with E-state index in [-0.39, 0.29) is 18.4 Å². The average Bonchev–Trinajstić information content (AvgIpc) is 2.38. The van der Waals surface area contributed by atoms with Crippen molar-refractivity contribution < 1.29 is 14.3 Å². The van der Waals surface area contributed by atoms with Crippen molar-refractivity contribution in [3.05, 3.63) is 22.2 Å². The van der Waals surface area contributed by atoms with Crippen LogP contribution in [-0.4, -0.2) is 32.8 Å². The number of carbonyl (C=O) groups is 1. The van der Waals surface area contributed by atoms with E-state index >= 15 is 0 Å². The van der Waals surface area contributed by atoms with Crippen LogP contribution in [0.5, 0.6) is 5.75 Å². The van der Waals surface area contributed by atoms with E-state index in [9.17, 15) is 4.79 Å². The molecule has 5 nitrogen and oxygen atoms in total. The number of ether oxygens (including phenoxy) is 2. The fourth-order valence-corrected chi connectivity index (χ4v) is 2.24. The van der Waals surface area contributed by atoms with Crippen LogP contribution >= 0.6 is 15.9 Å². The van der Waals surface area contributed by atoms with Gasteiger partial charge in [-0.05, 0) is 24.6 Å². The lowest BCUT2D eigenvalue weighted by Gasteiger charge is -2.16. The first-order valence-corrected chi connectivity index (χ1v) is 6.68. The molecule has 0 aliphatic rings. The van der Waals surface area contributed by atoms with E-state index in [1.54, 1.807) is 13.2 Å². The molecule has 19 heavy (non-hydrogen) atoms. The van der Waals surface area contributed by atoms with Gasteiger partial charge in [0, 0.05) is 18.1 Å². The second kappa shape index (κ2) is 7.47. The van der Waals surface area contributed by atoms with Crippen LogP contribution in [0.2, 0.25) is 0 Å². The molecule has 1 unspecified atom stereocenters. The van der Waals surface area contributed by atoms with Gasteiger partial charge in [-0.15, -0.1) is 0 Å². The van der Waals surface area contributed by atoms with Crippen molar-refractivity contribution in [2.75, 3.05) is 26.1 Å². The summed E-state index contributed by atoms with van der Waals surface area (Å²) in [6.45, 7) is 2.21. The van der Waals surface area contributed by atoms with Crippen molar-refractivity contribution in [3.8, 4) is 5.75 Å². The predicted octanol–water partition coefficient (Wildman–Crippen LogP) is 2.07. The van der Waals surface area contributed by atoms with Gasteiger partial charge in [-0.1, -0.05) is 15.9 Å². The number of carbonyl (C=O) groups excluding carboxylic acids is 1. The van der Waals surface area contributed by atoms with Gasteiger partial charge in [-0.2, -0.15) is 0 Å². The van der Waals surface area contributed by atoms with Crippen molar-refractivity contribution in [2.45, 2.75) is 19.4 Å². The summed E-state index contributed by atoms with van der Waals surface area (Å²) in [4.78, 5) is 11.9. The Bertz CT molecular complexity index is 448. The van der Waals surface area contributed by atoms with E-state index in [1.807, 2.05) is 13.0 Å². The first-order chi connectivity index (χ1) is 9.01. The van der Waals surface area contributed by atoms with Crippen LogP contribution in [0.15, 0.2) is 16.6 Å². The molecular weight excluding hydrogens is 312 g/mol. The summed E-state index contributed by atoms with van der Waals surface area (Å²) in [7, 11) is 3.10. The second-order valence-corrected chi connectivity index (χ2v) is 5.06. The summed E-state index contributed by atoms with van der Waals surface area (Å²) in [5.74, 6) is 0.461. The third kappa shape index (κ3) is 4.49. The summed E-state index contributed by atoms with van der Waals surface area (Å²) in [6.07, 6.45) is -0.0622. The molecule has 0 aromatic heterocycles. The molecule has 1 rings (SSSR count). The van der Waals surface area contributed by atoms with Crippen molar-refractivity contribution in [1.29, 1.82) is 0 Å². The highest BCUT2D eigenvalue weighted by molar-refractivity contribution is 9.10. The van der Waals surface area contributed by atoms with E-state index in [1.165, 1.54) is 7.11 Å². The van der Waals surface area contributed by atoms with Gasteiger partial charge in [0.15, 0.2) is 0 Å². The first-order valence-electron chi connectivity index (χ1n) is 5.88. The number of anilines is 1. The normalized spacial score (nSPS) is 12.1. The Morgan fingerprint density at radius 3 is 2.68 bits per heavy atom. The maximum atomic E-state index is 11.9. The molecule has 0 bridgehead atoms. The fraction of sp³-hybridized carbons (Fsp3) is 0.462. The zero-order chi connectivity index (χ0) is 14.4. The molecular formula is C13H19BrN2O3. The van der Waals surface area contributed by atoms with Crippen molar-refractivity contribution >= 4 is 27.5 Å². The minimum atomic E-state index is -0.276. The zero-order valence-electron chi connectivity index (χ0n) is 11.3. The SMILES string of the molecule is COc1cc(Br)cc(C)c1NC(=O)CC(CN)OC. The molecule has 0 aliphatic heterocycles. The monoisotopic (exact) mass is 330 g/mol. The quantitative estimate of drug-likeness (QED) is 0.837. The van der Waals surface area contributed by atoms with Crippen LogP contribution < -0.4 is 15.8 Å². The first kappa shape index (κ1) is 15.9. The second-order valence-electron chi connectivity index (χ2n) is 4.15. The molecule has 0 saturated heterocycles. The number of nitrogens with two attached hydrogens (primary N) is 1. The summed E-state index contributed by atoms with van der Waals surface area (Å²) < 4.78 is 11.3. The number of aryl methyl sites for hydroxylation is 1. The number of hydrogen-bond donors (Lipinski definition) is 2. The van der Waals surface area contributed by atoms with Gasteiger partial charge in [0.2, 0.25) is 5.91 Å². The molecule has 1 aromatic rings. The lowest BCUT2D eigenvalue weighted by Crippen LogP contribution is -2.28. The molecule has 1 amide bonds. The molecule has 1 aromatic carbocycles. The highest BCUT2D eigenvalue weighted by atomic mass is 79.9. The maximum Gasteiger partial charge on any atom is 0.227 e. The minimum absolute atomic E-state index is 0.152. The fourth-order valence-electron chi connectivity index (χ4n) is 1.69. The van der Waals surface area contributed by atoms with Gasteiger partial charge >= 0.3 is 0 Å². The van der Waals surface area contributed by atoms with Gasteiger partial charge < -0.3 is 20.5 Å². The molecule has 0 saturated carbocycles. The highest BCUT2D eigenvalue weighted by Gasteiger charge is 2.15. The standard InChI is InChI=1S/C13H19BrN2O3/c1-8-4-9(14)5-11(19-3)13(8)16-12(17)6-10(7-15)18-2/h4-5,10H,6-7,15H2,1-3H3,(H,16,17). The number of nitrogens with one attached hydrogen (secondary N) is 1. The van der Waals surface area contributed by atoms with E-state index < -0.39 is 0 Å². The number of halogens is 1. The lowest BCUT2D eigenvalue weighted by molar-refractivity contribution is -0.118. The molecule has 3 N–H and O–H groups in total. The van der Waals surface area contributed by atoms with Crippen LogP contribution in [0.1, 0.15) is 12.0 Å². The summed E-state index contributed by atoms with van der Waals surface area (Å²) in [6, 6.07) is 3.72. The Labute approximate surface area is 121 Å². The van der Waals surface area contributed by atoms with Crippen LogP contribution in [0.25, 0.3) is 0 Å². The molecule has 0 fully saturated rings. The number of methoxy groups -OCH3 is 2. The van der Waals surface area contributed by atoms with E-state index in [0.717, 1.165) is 10.0 Å². The zero-order valence-corrected chi connectivity index (χ0v) is 12.9. The van der Waals surface area contributed by atoms with Gasteiger partial charge in [-0.3, -0.25) is 4.79 Å². The van der Waals surface area contributed by atoms with Crippen LogP contribution in [0.4, 0.5) is 5.69 Å². The summed E-state index contributed by atoms with van der Waals surface area (Å²) in [5, 5.41) is 2.84. The highest BCUT2D eigenvalue weighted by Crippen LogP contribution is 2.32. The van der Waals surface area contributed by atoms with Gasteiger partial charge in [0.05, 0.1) is 25.3 Å². The van der Waals surface area contributed by atoms with E-state index in [2.05, 4.69) is 21.2 Å². The molecule has 0 spiro atoms. The van der Waals surface area contributed by atoms with Gasteiger partial charge in [0.25, 0.3) is 0 Å². The smallest absolute Gasteiger partial charge is 0.227 e. The minimum Gasteiger partial charge on any atom is -0.495 e. The number of amides is 1. The third-order valence-corrected chi connectivity index (χ3v) is 3.22. The molecule has 1 atom stereocenters. The average molecular weight is 331 g/mol. The Morgan fingerprint density at radius 2 is 2.16 bits per heavy atom. The Hall–Kier alpha value is -1.11. The number of hydrogen-bond acceptors (Lipinski definition) is 4. The van der Waals surface area contributed by atoms with Crippen molar-refractivity contribution in [1.82, 2.24) is 0 Å². The predicted molar refractivity (Wildman–Crippen MR) is 78.5 cm³/mol. The summed E-state index contributed by atoms with van der Waals surface area (Å²) >= 11 is 3.39. The van der Waals surface area contributed by atoms with Crippen molar-refractivity contribution in [2.24, 2.45) is 5.73 Å². The topological polar surface area (TPSA) is 73.6 Å². The third-order valence-electron chi connectivity index (χ3n) is 2.76. The van der Waals surface area contributed by atoms with Gasteiger partial charge in [-0.25, -0.2) is 0 Å². The molecule has 106 valence electrons. The maximum absolute atomic E-state index is 11.9. The Kier molecular flexibility index (Phi) is 6.27.